The zero-order valence-electron chi connectivity index (χ0n) is 17.3. The first-order chi connectivity index (χ1) is 14.5. The molecule has 1 aromatic heterocycles. The Hall–Kier alpha value is -3.34. The number of hydrogen-bond acceptors (Lipinski definition) is 4. The average Bonchev–Trinajstić information content (AvgIpc) is 3.55. The number of nitrogens with zero attached hydrogens (tertiary/aromatic N) is 1. The van der Waals surface area contributed by atoms with E-state index in [4.69, 9.17) is 9.47 Å². The number of carbonyl (C=O) groups is 2. The number of ketones is 1. The summed E-state index contributed by atoms with van der Waals surface area (Å²) in [5.74, 6) is 0.0230. The van der Waals surface area contributed by atoms with Gasteiger partial charge in [-0.25, -0.2) is 4.79 Å². The summed E-state index contributed by atoms with van der Waals surface area (Å²) in [5.41, 5.74) is 3.78. The maximum absolute atomic E-state index is 12.7. The monoisotopic (exact) mass is 403 g/mol. The fraction of sp³-hybridized carbons (Fsp3) is 0.280. The van der Waals surface area contributed by atoms with E-state index in [-0.39, 0.29) is 19.0 Å². The van der Waals surface area contributed by atoms with E-state index in [1.54, 1.807) is 12.1 Å². The van der Waals surface area contributed by atoms with Gasteiger partial charge in [0.15, 0.2) is 6.61 Å². The highest BCUT2D eigenvalue weighted by Gasteiger charge is 2.28. The molecule has 1 saturated carbocycles. The van der Waals surface area contributed by atoms with E-state index in [2.05, 4.69) is 4.57 Å². The van der Waals surface area contributed by atoms with Crippen LogP contribution in [0.3, 0.4) is 0 Å². The first-order valence-corrected chi connectivity index (χ1v) is 10.2. The molecule has 0 aliphatic heterocycles. The lowest BCUT2D eigenvalue weighted by Gasteiger charge is -2.11. The van der Waals surface area contributed by atoms with Gasteiger partial charge in [0.25, 0.3) is 0 Å². The molecule has 2 aromatic carbocycles. The standard InChI is InChI=1S/C25H25NO4/c1-17-14-23(18(2)26(17)20-12-13-20)24(27)16-30-25(28)22-11-7-6-8-19(22)15-29-21-9-4-3-5-10-21/h3-11,14,20H,12-13,15-16H2,1-2H3. The van der Waals surface area contributed by atoms with E-state index in [0.717, 1.165) is 30.0 Å². The Morgan fingerprint density at radius 3 is 2.40 bits per heavy atom. The first kappa shape index (κ1) is 20.0. The molecule has 1 aliphatic carbocycles. The maximum Gasteiger partial charge on any atom is 0.338 e. The lowest BCUT2D eigenvalue weighted by Crippen LogP contribution is -2.16. The molecule has 154 valence electrons. The molecular formula is C25H25NO4. The van der Waals surface area contributed by atoms with E-state index < -0.39 is 5.97 Å². The molecule has 0 atom stereocenters. The number of aromatic nitrogens is 1. The van der Waals surface area contributed by atoms with Crippen LogP contribution in [0.5, 0.6) is 5.75 Å². The molecule has 3 aromatic rings. The minimum atomic E-state index is -0.522. The van der Waals surface area contributed by atoms with E-state index in [9.17, 15) is 9.59 Å². The molecule has 4 rings (SSSR count). The van der Waals surface area contributed by atoms with Crippen molar-refractivity contribution < 1.29 is 19.1 Å². The van der Waals surface area contributed by atoms with Gasteiger partial charge >= 0.3 is 5.97 Å². The number of ether oxygens (including phenoxy) is 2. The normalized spacial score (nSPS) is 13.1. The van der Waals surface area contributed by atoms with Crippen molar-refractivity contribution in [2.24, 2.45) is 0 Å². The number of carbonyl (C=O) groups excluding carboxylic acids is 2. The molecule has 1 fully saturated rings. The second-order valence-electron chi connectivity index (χ2n) is 7.64. The number of rotatable bonds is 8. The zero-order chi connectivity index (χ0) is 21.1. The van der Waals surface area contributed by atoms with Crippen molar-refractivity contribution >= 4 is 11.8 Å². The summed E-state index contributed by atoms with van der Waals surface area (Å²) in [4.78, 5) is 25.3. The highest BCUT2D eigenvalue weighted by molar-refractivity contribution is 6.00. The minimum Gasteiger partial charge on any atom is -0.489 e. The SMILES string of the molecule is Cc1cc(C(=O)COC(=O)c2ccccc2COc2ccccc2)c(C)n1C1CC1. The largest absolute Gasteiger partial charge is 0.489 e. The predicted molar refractivity (Wildman–Crippen MR) is 114 cm³/mol. The first-order valence-electron chi connectivity index (χ1n) is 10.2. The summed E-state index contributed by atoms with van der Waals surface area (Å²) >= 11 is 0. The van der Waals surface area contributed by atoms with E-state index in [1.165, 1.54) is 0 Å². The van der Waals surface area contributed by atoms with E-state index >= 15 is 0 Å². The Bertz CT molecular complexity index is 1060. The lowest BCUT2D eigenvalue weighted by atomic mass is 10.1. The van der Waals surface area contributed by atoms with Gasteiger partial charge in [0.05, 0.1) is 5.56 Å². The maximum atomic E-state index is 12.7. The second-order valence-corrected chi connectivity index (χ2v) is 7.64. The van der Waals surface area contributed by atoms with Gasteiger partial charge in [-0.3, -0.25) is 4.79 Å². The van der Waals surface area contributed by atoms with Crippen molar-refractivity contribution in [1.82, 2.24) is 4.57 Å². The Morgan fingerprint density at radius 2 is 1.67 bits per heavy atom. The fourth-order valence-electron chi connectivity index (χ4n) is 3.76. The number of aryl methyl sites for hydroxylation is 1. The van der Waals surface area contributed by atoms with Crippen molar-refractivity contribution in [2.45, 2.75) is 39.3 Å². The topological polar surface area (TPSA) is 57.5 Å². The highest BCUT2D eigenvalue weighted by atomic mass is 16.5. The molecule has 0 unspecified atom stereocenters. The molecule has 0 bridgehead atoms. The quantitative estimate of drug-likeness (QED) is 0.390. The molecule has 0 N–H and O–H groups in total. The summed E-state index contributed by atoms with van der Waals surface area (Å²) in [7, 11) is 0. The third kappa shape index (κ3) is 4.30. The summed E-state index contributed by atoms with van der Waals surface area (Å²) in [5, 5.41) is 0. The van der Waals surface area contributed by atoms with Gasteiger partial charge in [-0.1, -0.05) is 36.4 Å². The second kappa shape index (κ2) is 8.57. The van der Waals surface area contributed by atoms with Crippen LogP contribution in [0.1, 0.15) is 56.6 Å². The Labute approximate surface area is 176 Å². The molecular weight excluding hydrogens is 378 g/mol. The highest BCUT2D eigenvalue weighted by Crippen LogP contribution is 2.38. The molecule has 1 heterocycles. The summed E-state index contributed by atoms with van der Waals surface area (Å²) in [6, 6.07) is 18.9. The van der Waals surface area contributed by atoms with Gasteiger partial charge in [-0.15, -0.1) is 0 Å². The van der Waals surface area contributed by atoms with Gasteiger partial charge in [-0.2, -0.15) is 0 Å². The Balaban J connectivity index is 1.41. The molecule has 0 amide bonds. The van der Waals surface area contributed by atoms with Crippen LogP contribution in [0.15, 0.2) is 60.7 Å². The summed E-state index contributed by atoms with van der Waals surface area (Å²) in [6.45, 7) is 3.93. The van der Waals surface area contributed by atoms with Crippen LogP contribution in [-0.2, 0) is 11.3 Å². The summed E-state index contributed by atoms with van der Waals surface area (Å²) in [6.07, 6.45) is 2.31. The van der Waals surface area contributed by atoms with E-state index in [0.29, 0.717) is 22.7 Å². The lowest BCUT2D eigenvalue weighted by molar-refractivity contribution is 0.0472. The van der Waals surface area contributed by atoms with Crippen LogP contribution in [0.2, 0.25) is 0 Å². The molecule has 0 spiro atoms. The Kier molecular flexibility index (Phi) is 5.70. The van der Waals surface area contributed by atoms with Gasteiger partial charge in [-0.05, 0) is 51.0 Å². The van der Waals surface area contributed by atoms with Crippen LogP contribution < -0.4 is 4.74 Å². The zero-order valence-corrected chi connectivity index (χ0v) is 17.3. The number of Topliss-reactive ketones (excluding diaryl/α,β-unsaturated/α-hetero) is 1. The van der Waals surface area contributed by atoms with Crippen LogP contribution in [-0.4, -0.2) is 22.9 Å². The van der Waals surface area contributed by atoms with Crippen molar-refractivity contribution in [2.75, 3.05) is 6.61 Å². The van der Waals surface area contributed by atoms with Crippen molar-refractivity contribution in [1.29, 1.82) is 0 Å². The molecule has 1 aliphatic rings. The smallest absolute Gasteiger partial charge is 0.338 e. The number of para-hydroxylation sites is 1. The molecule has 5 heteroatoms. The van der Waals surface area contributed by atoms with Crippen LogP contribution in [0.4, 0.5) is 0 Å². The molecule has 0 radical (unpaired) electrons. The Morgan fingerprint density at radius 1 is 0.967 bits per heavy atom. The average molecular weight is 403 g/mol. The van der Waals surface area contributed by atoms with Gasteiger partial charge in [0.1, 0.15) is 12.4 Å². The van der Waals surface area contributed by atoms with Crippen molar-refractivity contribution in [3.05, 3.63) is 88.7 Å². The van der Waals surface area contributed by atoms with Crippen LogP contribution in [0, 0.1) is 13.8 Å². The number of hydrogen-bond donors (Lipinski definition) is 0. The third-order valence-electron chi connectivity index (χ3n) is 5.41. The predicted octanol–water partition coefficient (Wildman–Crippen LogP) is 5.06. The van der Waals surface area contributed by atoms with Gasteiger partial charge in [0, 0.05) is 28.6 Å². The number of benzene rings is 2. The van der Waals surface area contributed by atoms with E-state index in [1.807, 2.05) is 62.4 Å². The third-order valence-corrected chi connectivity index (χ3v) is 5.41. The molecule has 0 saturated heterocycles. The minimum absolute atomic E-state index is 0.179. The van der Waals surface area contributed by atoms with Gasteiger partial charge in [0.2, 0.25) is 5.78 Å². The van der Waals surface area contributed by atoms with Crippen LogP contribution >= 0.6 is 0 Å². The molecule has 30 heavy (non-hydrogen) atoms. The van der Waals surface area contributed by atoms with Gasteiger partial charge < -0.3 is 14.0 Å². The molecule has 5 nitrogen and oxygen atoms in total. The number of esters is 1. The van der Waals surface area contributed by atoms with Crippen LogP contribution in [0.25, 0.3) is 0 Å². The fourth-order valence-corrected chi connectivity index (χ4v) is 3.76. The summed E-state index contributed by atoms with van der Waals surface area (Å²) < 4.78 is 13.3. The van der Waals surface area contributed by atoms with Crippen molar-refractivity contribution in [3.63, 3.8) is 0 Å². The van der Waals surface area contributed by atoms with Crippen molar-refractivity contribution in [3.8, 4) is 5.75 Å².